The van der Waals surface area contributed by atoms with E-state index in [0.717, 1.165) is 16.8 Å². The van der Waals surface area contributed by atoms with E-state index in [-0.39, 0.29) is 0 Å². The van der Waals surface area contributed by atoms with E-state index in [1.807, 2.05) is 0 Å². The van der Waals surface area contributed by atoms with Crippen molar-refractivity contribution < 1.29 is 0 Å². The third-order valence-corrected chi connectivity index (χ3v) is 14.0. The van der Waals surface area contributed by atoms with Gasteiger partial charge in [0.05, 0.1) is 16.6 Å². The first-order valence-electron chi connectivity index (χ1n) is 22.9. The minimum atomic E-state index is -0.542. The molecule has 13 rings (SSSR count). The molecule has 1 aliphatic carbocycles. The van der Waals surface area contributed by atoms with Crippen LogP contribution in [0.25, 0.3) is 93.9 Å². The summed E-state index contributed by atoms with van der Waals surface area (Å²) in [6.07, 6.45) is 0. The molecule has 0 N–H and O–H groups in total. The SMILES string of the molecule is c1ccc(-c2c3ccccc3c(-c3ccccc3)c3cc4c(cc23)c(-c2ccccc2)c(-c2ccccc2)n4-c2ccc3c(c2)C(c2ccccc2)(c2ccccc2)c2ccccc2-3)cc1. The molecule has 11 aromatic carbocycles. The highest BCUT2D eigenvalue weighted by Gasteiger charge is 2.46. The molecule has 1 heteroatoms. The standard InChI is InChI=1S/C65H43N/c1-7-23-44(24-8-1)61-53-36-19-20-37-54(53)62(45-25-9-2-10-26-45)56-43-60-57(42-55(56)61)63(46-27-11-3-12-28-46)64(47-29-13-4-14-30-47)66(60)50-39-40-52-51-35-21-22-38-58(51)65(59(52)41-50,48-31-15-5-16-32-48)49-33-17-6-18-34-49/h1-43H. The molecule has 0 saturated carbocycles. The van der Waals surface area contributed by atoms with Gasteiger partial charge >= 0.3 is 0 Å². The van der Waals surface area contributed by atoms with Gasteiger partial charge in [-0.15, -0.1) is 0 Å². The van der Waals surface area contributed by atoms with Crippen molar-refractivity contribution in [3.05, 3.63) is 283 Å². The summed E-state index contributed by atoms with van der Waals surface area (Å²) < 4.78 is 2.57. The first-order valence-corrected chi connectivity index (χ1v) is 22.9. The monoisotopic (exact) mass is 837 g/mol. The molecule has 1 nitrogen and oxygen atoms in total. The maximum absolute atomic E-state index is 2.57. The number of nitrogens with zero attached hydrogens (tertiary/aromatic N) is 1. The van der Waals surface area contributed by atoms with Crippen molar-refractivity contribution in [2.75, 3.05) is 0 Å². The Morgan fingerprint density at radius 2 is 0.697 bits per heavy atom. The molecule has 1 heterocycles. The van der Waals surface area contributed by atoms with Crippen molar-refractivity contribution in [1.82, 2.24) is 4.57 Å². The Balaban J connectivity index is 1.23. The summed E-state index contributed by atoms with van der Waals surface area (Å²) in [6.45, 7) is 0. The van der Waals surface area contributed by atoms with Crippen LogP contribution in [0, 0.1) is 0 Å². The summed E-state index contributed by atoms with van der Waals surface area (Å²) in [5, 5.41) is 6.15. The van der Waals surface area contributed by atoms with Crippen LogP contribution < -0.4 is 0 Å². The molecule has 0 radical (unpaired) electrons. The van der Waals surface area contributed by atoms with Gasteiger partial charge in [0, 0.05) is 16.6 Å². The van der Waals surface area contributed by atoms with Gasteiger partial charge in [0.15, 0.2) is 0 Å². The van der Waals surface area contributed by atoms with Crippen LogP contribution >= 0.6 is 0 Å². The first-order chi connectivity index (χ1) is 32.8. The lowest BCUT2D eigenvalue weighted by Gasteiger charge is -2.34. The predicted octanol–water partition coefficient (Wildman–Crippen LogP) is 17.0. The highest BCUT2D eigenvalue weighted by Crippen LogP contribution is 2.57. The van der Waals surface area contributed by atoms with Gasteiger partial charge in [-0.05, 0) is 113 Å². The maximum Gasteiger partial charge on any atom is 0.0714 e. The molecule has 308 valence electrons. The zero-order valence-electron chi connectivity index (χ0n) is 36.3. The molecule has 66 heavy (non-hydrogen) atoms. The molecule has 0 saturated heterocycles. The second kappa shape index (κ2) is 15.3. The van der Waals surface area contributed by atoms with Gasteiger partial charge in [-0.3, -0.25) is 0 Å². The number of aromatic nitrogens is 1. The molecule has 0 aliphatic heterocycles. The Kier molecular flexibility index (Phi) is 8.82. The van der Waals surface area contributed by atoms with Gasteiger partial charge in [-0.2, -0.15) is 0 Å². The number of rotatable bonds is 7. The van der Waals surface area contributed by atoms with E-state index < -0.39 is 5.41 Å². The normalized spacial score (nSPS) is 12.7. The minimum absolute atomic E-state index is 0.542. The van der Waals surface area contributed by atoms with Crippen molar-refractivity contribution >= 4 is 32.4 Å². The largest absolute Gasteiger partial charge is 0.309 e. The molecule has 1 aliphatic rings. The summed E-state index contributed by atoms with van der Waals surface area (Å²) in [6, 6.07) is 96.5. The second-order valence-electron chi connectivity index (χ2n) is 17.5. The van der Waals surface area contributed by atoms with Crippen molar-refractivity contribution in [3.8, 4) is 61.5 Å². The molecule has 0 amide bonds. The van der Waals surface area contributed by atoms with Crippen LogP contribution in [0.15, 0.2) is 261 Å². The zero-order valence-corrected chi connectivity index (χ0v) is 36.3. The average molecular weight is 838 g/mol. The summed E-state index contributed by atoms with van der Waals surface area (Å²) in [5.74, 6) is 0. The van der Waals surface area contributed by atoms with Crippen LogP contribution in [0.2, 0.25) is 0 Å². The van der Waals surface area contributed by atoms with Crippen molar-refractivity contribution in [3.63, 3.8) is 0 Å². The summed E-state index contributed by atoms with van der Waals surface area (Å²) in [4.78, 5) is 0. The van der Waals surface area contributed by atoms with Crippen LogP contribution in [-0.4, -0.2) is 4.57 Å². The molecule has 0 spiro atoms. The molecule has 0 atom stereocenters. The predicted molar refractivity (Wildman–Crippen MR) is 277 cm³/mol. The molecule has 0 bridgehead atoms. The number of hydrogen-bond donors (Lipinski definition) is 0. The highest BCUT2D eigenvalue weighted by molar-refractivity contribution is 6.25. The van der Waals surface area contributed by atoms with Crippen LogP contribution in [-0.2, 0) is 5.41 Å². The Hall–Kier alpha value is -8.52. The lowest BCUT2D eigenvalue weighted by atomic mass is 9.67. The van der Waals surface area contributed by atoms with Crippen LogP contribution in [0.3, 0.4) is 0 Å². The van der Waals surface area contributed by atoms with E-state index in [0.29, 0.717) is 0 Å². The van der Waals surface area contributed by atoms with E-state index in [9.17, 15) is 0 Å². The third-order valence-electron chi connectivity index (χ3n) is 14.0. The minimum Gasteiger partial charge on any atom is -0.309 e. The van der Waals surface area contributed by atoms with Crippen molar-refractivity contribution in [2.24, 2.45) is 0 Å². The van der Waals surface area contributed by atoms with E-state index in [1.165, 1.54) is 99.4 Å². The number of hydrogen-bond acceptors (Lipinski definition) is 0. The van der Waals surface area contributed by atoms with E-state index in [1.54, 1.807) is 0 Å². The van der Waals surface area contributed by atoms with E-state index in [4.69, 9.17) is 0 Å². The Morgan fingerprint density at radius 3 is 1.24 bits per heavy atom. The number of fused-ring (bicyclic) bond motifs is 6. The molecule has 0 unspecified atom stereocenters. The Bertz CT molecular complexity index is 3720. The van der Waals surface area contributed by atoms with Crippen LogP contribution in [0.4, 0.5) is 0 Å². The fourth-order valence-corrected chi connectivity index (χ4v) is 11.4. The van der Waals surface area contributed by atoms with Gasteiger partial charge in [0.25, 0.3) is 0 Å². The Labute approximate surface area is 385 Å². The topological polar surface area (TPSA) is 4.93 Å². The smallest absolute Gasteiger partial charge is 0.0714 e. The highest BCUT2D eigenvalue weighted by atomic mass is 15.0. The summed E-state index contributed by atoms with van der Waals surface area (Å²) in [5.41, 5.74) is 19.0. The quantitative estimate of drug-likeness (QED) is 0.141. The van der Waals surface area contributed by atoms with Crippen LogP contribution in [0.5, 0.6) is 0 Å². The fourth-order valence-electron chi connectivity index (χ4n) is 11.4. The zero-order chi connectivity index (χ0) is 43.6. The van der Waals surface area contributed by atoms with Gasteiger partial charge in [0.1, 0.15) is 0 Å². The van der Waals surface area contributed by atoms with Crippen molar-refractivity contribution in [2.45, 2.75) is 5.41 Å². The first kappa shape index (κ1) is 38.0. The van der Waals surface area contributed by atoms with E-state index >= 15 is 0 Å². The van der Waals surface area contributed by atoms with Gasteiger partial charge in [-0.25, -0.2) is 0 Å². The summed E-state index contributed by atoms with van der Waals surface area (Å²) >= 11 is 0. The van der Waals surface area contributed by atoms with Gasteiger partial charge in [0.2, 0.25) is 0 Å². The Morgan fingerprint density at radius 1 is 0.273 bits per heavy atom. The van der Waals surface area contributed by atoms with Gasteiger partial charge < -0.3 is 4.57 Å². The molecular formula is C65H43N. The molecule has 0 fully saturated rings. The van der Waals surface area contributed by atoms with Crippen molar-refractivity contribution in [1.29, 1.82) is 0 Å². The molecular weight excluding hydrogens is 795 g/mol. The van der Waals surface area contributed by atoms with Gasteiger partial charge in [-0.1, -0.05) is 237 Å². The van der Waals surface area contributed by atoms with Crippen LogP contribution in [0.1, 0.15) is 22.3 Å². The summed E-state index contributed by atoms with van der Waals surface area (Å²) in [7, 11) is 0. The fraction of sp³-hybridized carbons (Fsp3) is 0.0154. The average Bonchev–Trinajstić information content (AvgIpc) is 3.89. The lowest BCUT2D eigenvalue weighted by molar-refractivity contribution is 0.767. The second-order valence-corrected chi connectivity index (χ2v) is 17.5. The molecule has 1 aromatic heterocycles. The van der Waals surface area contributed by atoms with E-state index in [2.05, 4.69) is 265 Å². The third kappa shape index (κ3) is 5.67. The lowest BCUT2D eigenvalue weighted by Crippen LogP contribution is -2.28. The molecule has 12 aromatic rings. The number of benzene rings is 11. The maximum atomic E-state index is 2.57.